The van der Waals surface area contributed by atoms with Gasteiger partial charge in [0.25, 0.3) is 0 Å². The van der Waals surface area contributed by atoms with Gasteiger partial charge >= 0.3 is 17.9 Å². The van der Waals surface area contributed by atoms with E-state index < -0.39 is 11.9 Å². The Kier molecular flexibility index (Phi) is 71.9. The van der Waals surface area contributed by atoms with E-state index >= 15 is 0 Å². The number of carbonyl (C=O) groups excluding carboxylic acids is 2. The van der Waals surface area contributed by atoms with Gasteiger partial charge < -0.3 is 20.1 Å². The van der Waals surface area contributed by atoms with Gasteiger partial charge in [-0.15, -0.1) is 6.58 Å². The number of aliphatic carboxylic acids is 2. The predicted molar refractivity (Wildman–Crippen MR) is 135 cm³/mol. The number of ether oxygens (including phenoxy) is 1. The number of aliphatic hydroxyl groups is 1. The van der Waals surface area contributed by atoms with E-state index in [0.717, 1.165) is 13.4 Å². The molecule has 0 spiro atoms. The second-order valence-electron chi connectivity index (χ2n) is 5.61. The summed E-state index contributed by atoms with van der Waals surface area (Å²) in [5, 5.41) is 22.8. The lowest BCUT2D eigenvalue weighted by Crippen LogP contribution is -1.98. The Bertz CT molecular complexity index is 565. The second kappa shape index (κ2) is 46.9. The average molecular weight is 495 g/mol. The maximum Gasteiger partial charge on any atom is 0.332 e. The second-order valence-corrected chi connectivity index (χ2v) is 5.61. The molecule has 0 rings (SSSR count). The summed E-state index contributed by atoms with van der Waals surface area (Å²) in [6.45, 7) is 26.6. The van der Waals surface area contributed by atoms with Crippen LogP contribution in [-0.4, -0.2) is 53.7 Å². The monoisotopic (exact) mass is 494 g/mol. The lowest BCUT2D eigenvalue weighted by molar-refractivity contribution is -0.136. The molecule has 0 radical (unpaired) electrons. The first-order valence-electron chi connectivity index (χ1n) is 8.49. The zero-order valence-electron chi connectivity index (χ0n) is 21.1. The fraction of sp³-hybridized carbons (Fsp3) is 0.364. The van der Waals surface area contributed by atoms with E-state index in [9.17, 15) is 19.2 Å². The molecule has 0 saturated carbocycles. The van der Waals surface area contributed by atoms with Crippen LogP contribution < -0.4 is 0 Å². The number of aldehydes is 1. The van der Waals surface area contributed by atoms with Gasteiger partial charge in [0, 0.05) is 43.7 Å². The number of esters is 1. The largest absolute Gasteiger partial charge is 0.478 e. The van der Waals surface area contributed by atoms with E-state index in [2.05, 4.69) is 37.6 Å². The SMILES string of the molecule is C=C(C)C.C=C(C)C(=O)O.C=C(C)C(=O)O.C=C(C)C(=O)OC.C=C(C)C=O.CO.O=O.O=O. The van der Waals surface area contributed by atoms with Crippen molar-refractivity contribution in [2.75, 3.05) is 14.2 Å². The first-order chi connectivity index (χ1) is 15.5. The van der Waals surface area contributed by atoms with Crippen LogP contribution in [0.5, 0.6) is 0 Å². The Labute approximate surface area is 200 Å². The summed E-state index contributed by atoms with van der Waals surface area (Å²) in [5.74, 6) is -2.22. The van der Waals surface area contributed by atoms with Crippen molar-refractivity contribution in [3.63, 3.8) is 0 Å². The van der Waals surface area contributed by atoms with Gasteiger partial charge in [-0.3, -0.25) is 4.79 Å². The first-order valence-corrected chi connectivity index (χ1v) is 8.49. The molecule has 0 heterocycles. The van der Waals surface area contributed by atoms with Crippen LogP contribution in [0.4, 0.5) is 0 Å². The van der Waals surface area contributed by atoms with Crippen molar-refractivity contribution in [2.45, 2.75) is 41.5 Å². The molecule has 0 aliphatic rings. The normalized spacial score (nSPS) is 6.38. The highest BCUT2D eigenvalue weighted by Crippen LogP contribution is 1.87. The molecule has 0 bridgehead atoms. The summed E-state index contributed by atoms with van der Waals surface area (Å²) in [5.41, 5.74) is 2.53. The van der Waals surface area contributed by atoms with Crippen LogP contribution in [0.1, 0.15) is 41.5 Å². The molecule has 0 fully saturated rings. The van der Waals surface area contributed by atoms with Gasteiger partial charge in [0.15, 0.2) is 0 Å². The number of hydrogen-bond acceptors (Lipinski definition) is 10. The minimum absolute atomic E-state index is 0.176. The maximum absolute atomic E-state index is 10.2. The topological polar surface area (TPSA) is 206 Å². The maximum atomic E-state index is 10.2. The zero-order chi connectivity index (χ0) is 30.0. The van der Waals surface area contributed by atoms with E-state index in [0.29, 0.717) is 11.1 Å². The molecule has 12 heteroatoms. The highest BCUT2D eigenvalue weighted by Gasteiger charge is 1.95. The zero-order valence-corrected chi connectivity index (χ0v) is 21.1. The van der Waals surface area contributed by atoms with E-state index in [4.69, 9.17) is 35.2 Å². The Balaban J connectivity index is -0.0000000395. The summed E-state index contributed by atoms with van der Waals surface area (Å²) < 4.78 is 4.27. The molecular weight excluding hydrogens is 456 g/mol. The van der Waals surface area contributed by atoms with E-state index in [-0.39, 0.29) is 17.1 Å². The number of carbonyl (C=O) groups is 4. The molecule has 0 amide bonds. The van der Waals surface area contributed by atoms with Crippen molar-refractivity contribution in [3.05, 3.63) is 80.6 Å². The van der Waals surface area contributed by atoms with Gasteiger partial charge in [-0.25, -0.2) is 14.4 Å². The quantitative estimate of drug-likeness (QED) is 0.218. The smallest absolute Gasteiger partial charge is 0.332 e. The molecule has 0 atom stereocenters. The number of carboxylic acid groups (broad SMARTS) is 2. The van der Waals surface area contributed by atoms with Crippen molar-refractivity contribution in [1.82, 2.24) is 0 Å². The van der Waals surface area contributed by atoms with Crippen molar-refractivity contribution in [1.29, 1.82) is 0 Å². The lowest BCUT2D eigenvalue weighted by Gasteiger charge is -1.91. The number of allylic oxidation sites excluding steroid dienone is 2. The molecule has 198 valence electrons. The van der Waals surface area contributed by atoms with Crippen LogP contribution in [0.15, 0.2) is 60.8 Å². The number of aliphatic hydroxyl groups excluding tert-OH is 1. The summed E-state index contributed by atoms with van der Waals surface area (Å²) in [6, 6.07) is 0. The molecule has 0 aromatic heterocycles. The molecule has 0 aromatic rings. The minimum Gasteiger partial charge on any atom is -0.478 e. The molecule has 3 N–H and O–H groups in total. The molecule has 0 aliphatic carbocycles. The summed E-state index contributed by atoms with van der Waals surface area (Å²) in [6.07, 6.45) is 0.722. The molecule has 12 nitrogen and oxygen atoms in total. The highest BCUT2D eigenvalue weighted by atomic mass is 16.7. The van der Waals surface area contributed by atoms with Crippen LogP contribution in [0, 0.1) is 19.9 Å². The fourth-order valence-corrected chi connectivity index (χ4v) is 0.174. The van der Waals surface area contributed by atoms with E-state index in [1.54, 1.807) is 13.8 Å². The Morgan fingerprint density at radius 2 is 0.794 bits per heavy atom. The van der Waals surface area contributed by atoms with Crippen molar-refractivity contribution in [3.8, 4) is 0 Å². The first kappa shape index (κ1) is 52.1. The predicted octanol–water partition coefficient (Wildman–Crippen LogP) is 4.12. The van der Waals surface area contributed by atoms with Gasteiger partial charge in [-0.2, -0.15) is 0 Å². The molecular formula is C22H38O12. The molecule has 0 unspecified atom stereocenters. The van der Waals surface area contributed by atoms with Gasteiger partial charge in [-0.1, -0.05) is 31.9 Å². The summed E-state index contributed by atoms with van der Waals surface area (Å²) >= 11 is 0. The van der Waals surface area contributed by atoms with Crippen molar-refractivity contribution >= 4 is 24.2 Å². The molecule has 0 aliphatic heterocycles. The van der Waals surface area contributed by atoms with Crippen LogP contribution in [0.25, 0.3) is 0 Å². The highest BCUT2D eigenvalue weighted by molar-refractivity contribution is 5.86. The third kappa shape index (κ3) is 142. The van der Waals surface area contributed by atoms with Crippen molar-refractivity contribution < 1.29 is 39.2 Å². The third-order valence-electron chi connectivity index (χ3n) is 1.47. The molecule has 0 aromatic carbocycles. The van der Waals surface area contributed by atoms with Gasteiger partial charge in [-0.05, 0) is 47.1 Å². The Morgan fingerprint density at radius 1 is 0.647 bits per heavy atom. The van der Waals surface area contributed by atoms with E-state index in [1.807, 2.05) is 13.8 Å². The van der Waals surface area contributed by atoms with Crippen LogP contribution in [-0.2, 0) is 23.9 Å². The molecule has 0 saturated heterocycles. The lowest BCUT2D eigenvalue weighted by atomic mass is 10.4. The Hall–Kier alpha value is -4.06. The van der Waals surface area contributed by atoms with Crippen LogP contribution >= 0.6 is 0 Å². The average Bonchev–Trinajstić information content (AvgIpc) is 2.77. The Morgan fingerprint density at radius 3 is 0.794 bits per heavy atom. The van der Waals surface area contributed by atoms with Crippen molar-refractivity contribution in [2.24, 2.45) is 0 Å². The number of methoxy groups -OCH3 is 1. The fourth-order valence-electron chi connectivity index (χ4n) is 0.174. The molecule has 34 heavy (non-hydrogen) atoms. The van der Waals surface area contributed by atoms with Gasteiger partial charge in [0.1, 0.15) is 6.29 Å². The summed E-state index contributed by atoms with van der Waals surface area (Å²) in [4.78, 5) is 66.8. The number of carboxylic acids is 2. The van der Waals surface area contributed by atoms with Gasteiger partial charge in [0.05, 0.1) is 7.11 Å². The minimum atomic E-state index is -0.935. The van der Waals surface area contributed by atoms with E-state index in [1.165, 1.54) is 26.5 Å². The number of rotatable bonds is 4. The third-order valence-corrected chi connectivity index (χ3v) is 1.47. The standard InChI is InChI=1S/C5H8O2.2C4H6O2.C4H6O.C4H8.CH4O.2O2/c1-4(2)5(6)7-3;2*1-3(2)4(5)6;1-4(2)3-5;1-4(2)3;3*1-2/h1H2,2-3H3;2*1H2,2H3,(H,5,6);3H,1H2,2H3;1H2,2-3H3;2H,1H3;;. The number of hydrogen-bond donors (Lipinski definition) is 3. The van der Waals surface area contributed by atoms with Crippen LogP contribution in [0.3, 0.4) is 0 Å². The van der Waals surface area contributed by atoms with Gasteiger partial charge in [0.2, 0.25) is 0 Å². The van der Waals surface area contributed by atoms with Crippen LogP contribution in [0.2, 0.25) is 0 Å². The summed E-state index contributed by atoms with van der Waals surface area (Å²) in [7, 11) is 2.33.